The van der Waals surface area contributed by atoms with E-state index in [9.17, 15) is 0 Å². The highest BCUT2D eigenvalue weighted by Crippen LogP contribution is 2.56. The van der Waals surface area contributed by atoms with Crippen LogP contribution in [0, 0.1) is 0 Å². The molecule has 7 aromatic heterocycles. The van der Waals surface area contributed by atoms with Crippen molar-refractivity contribution in [3.05, 3.63) is 466 Å². The Hall–Kier alpha value is -17.7. The predicted molar refractivity (Wildman–Crippen MR) is 626 cm³/mol. The number of thioether (sulfide) groups is 1. The van der Waals surface area contributed by atoms with E-state index in [1.54, 1.807) is 0 Å². The number of hydrogen-bond acceptors (Lipinski definition) is 14. The third-order valence-electron chi connectivity index (χ3n) is 28.2. The fourth-order valence-corrected chi connectivity index (χ4v) is 27.4. The molecule has 724 valence electrons. The molecule has 0 saturated carbocycles. The number of fused-ring (bicyclic) bond motifs is 12. The molecule has 0 amide bonds. The lowest BCUT2D eigenvalue weighted by atomic mass is 10.1. The Kier molecular flexibility index (Phi) is 24.0. The Bertz CT molecular complexity index is 9110. The zero-order valence-electron chi connectivity index (χ0n) is 84.4. The molecule has 2 atom stereocenters. The molecule has 2 unspecified atom stereocenters. The monoisotopic (exact) mass is 2010 g/mol. The van der Waals surface area contributed by atoms with E-state index in [1.807, 2.05) is 96.7 Å². The van der Waals surface area contributed by atoms with Crippen molar-refractivity contribution in [2.45, 2.75) is 75.4 Å². The van der Waals surface area contributed by atoms with Gasteiger partial charge in [-0.25, -0.2) is 19.9 Å². The molecule has 0 N–H and O–H groups in total. The van der Waals surface area contributed by atoms with Crippen LogP contribution in [0.5, 0.6) is 5.75 Å². The zero-order chi connectivity index (χ0) is 101. The molecular formula is C129H104N16OSSi3. The second-order valence-corrected chi connectivity index (χ2v) is 57.3. The van der Waals surface area contributed by atoms with E-state index in [4.69, 9.17) is 54.6 Å². The Morgan fingerprint density at radius 1 is 0.233 bits per heavy atom. The highest BCUT2D eigenvalue weighted by atomic mass is 32.2. The zero-order valence-corrected chi connectivity index (χ0v) is 88.2. The predicted octanol–water partition coefficient (Wildman–Crippen LogP) is 30.7. The fraction of sp³-hybridized carbons (Fsp3) is 0.0853. The topological polar surface area (TPSA) is 164 Å². The van der Waals surface area contributed by atoms with Crippen LogP contribution in [-0.4, -0.2) is 92.3 Å². The van der Waals surface area contributed by atoms with Crippen molar-refractivity contribution >= 4 is 151 Å². The van der Waals surface area contributed by atoms with Gasteiger partial charge in [-0.3, -0.25) is 23.2 Å². The largest absolute Gasteiger partial charge is 0.464 e. The summed E-state index contributed by atoms with van der Waals surface area (Å²) < 4.78 is 15.4. The van der Waals surface area contributed by atoms with E-state index in [-0.39, 0.29) is 11.6 Å². The minimum Gasteiger partial charge on any atom is -0.464 e. The van der Waals surface area contributed by atoms with E-state index >= 15 is 0 Å². The van der Waals surface area contributed by atoms with Gasteiger partial charge < -0.3 is 9.64 Å². The third kappa shape index (κ3) is 17.3. The number of imidazole rings is 1. The number of hydrogen-bond donors (Lipinski definition) is 0. The standard InChI is InChI=1S/C43H34N6Si.C43H35N5OSi.C43H35N5SSi/c1-50(2,3)39-25-15-11-21-33(39)41-45-40(29-16-6-4-7-17-29)46-43(47-41)49-36-23-13-10-20-32(36)34-28-31(26-27-37(34)49)48-38-24-14-12-22-35(38)44-42(48)30-18-8-5-9-19-30;2*1-50(2,3)39-25-15-11-21-33(39)41-44-40(29-16-6-4-7-17-29)45-43(46-41)48-35-22-12-10-20-32(35)34-28-31(26-27-36(34)48)47-37-23-13-14-24-38(37)49-42(47)30-18-8-5-9-19-30/h4-28H,1-3H3;2*4-28,42H,1-3H3. The smallest absolute Gasteiger partial charge is 0.238 e. The molecule has 25 aromatic rings. The van der Waals surface area contributed by atoms with Crippen molar-refractivity contribution in [3.8, 4) is 109 Å². The SMILES string of the molecule is C[Si](C)(C)c1ccccc1-c1nc(-c2ccccc2)nc(-n2c3ccccc3c3cc(-n4c(-c5ccccc5)nc5ccccc54)ccc32)n1.C[Si](C)(C)c1ccccc1-c1nc(-c2ccccc2)nc(-n2c3ccccc3c3cc(N4c5ccccc5OC4c4ccccc4)ccc32)n1.C[Si](C)(C)c1ccccc1-c1nc(-c2ccccc2)nc(-n2c3ccccc3c3cc(N4c5ccccc5SC4c4ccccc4)ccc32)n1. The van der Waals surface area contributed by atoms with Gasteiger partial charge in [0.05, 0.1) is 79.7 Å². The molecule has 2 aliphatic heterocycles. The van der Waals surface area contributed by atoms with Gasteiger partial charge in [-0.2, -0.15) is 29.9 Å². The quantitative estimate of drug-likeness (QED) is 0.0745. The maximum absolute atomic E-state index is 6.57. The average molecular weight is 2010 g/mol. The van der Waals surface area contributed by atoms with Crippen molar-refractivity contribution in [1.29, 1.82) is 0 Å². The molecule has 0 spiro atoms. The van der Waals surface area contributed by atoms with Gasteiger partial charge in [-0.1, -0.05) is 416 Å². The molecule has 2 aliphatic rings. The van der Waals surface area contributed by atoms with Gasteiger partial charge in [0.2, 0.25) is 24.1 Å². The lowest BCUT2D eigenvalue weighted by Crippen LogP contribution is -2.39. The minimum atomic E-state index is -1.73. The summed E-state index contributed by atoms with van der Waals surface area (Å²) in [6.07, 6.45) is -0.287. The second kappa shape index (κ2) is 38.6. The maximum atomic E-state index is 6.57. The maximum Gasteiger partial charge on any atom is 0.238 e. The van der Waals surface area contributed by atoms with Crippen LogP contribution in [-0.2, 0) is 0 Å². The second-order valence-electron chi connectivity index (χ2n) is 41.1. The summed E-state index contributed by atoms with van der Waals surface area (Å²) >= 11 is 1.90. The Balaban J connectivity index is 0.000000116. The van der Waals surface area contributed by atoms with Crippen LogP contribution in [0.15, 0.2) is 460 Å². The van der Waals surface area contributed by atoms with E-state index in [2.05, 4.69) is 457 Å². The summed E-state index contributed by atoms with van der Waals surface area (Å²) in [7, 11) is -5.17. The molecule has 0 saturated heterocycles. The Morgan fingerprint density at radius 2 is 0.553 bits per heavy atom. The summed E-state index contributed by atoms with van der Waals surface area (Å²) in [6, 6.07) is 159. The van der Waals surface area contributed by atoms with Gasteiger partial charge >= 0.3 is 0 Å². The molecule has 27 rings (SSSR count). The van der Waals surface area contributed by atoms with Gasteiger partial charge in [-0.05, 0) is 130 Å². The number of anilines is 4. The summed E-state index contributed by atoms with van der Waals surface area (Å²) in [5.41, 5.74) is 23.3. The van der Waals surface area contributed by atoms with Crippen LogP contribution < -0.4 is 30.1 Å². The molecule has 0 aliphatic carbocycles. The number of aromatic nitrogens is 14. The van der Waals surface area contributed by atoms with Gasteiger partial charge in [-0.15, -0.1) is 0 Å². The lowest BCUT2D eigenvalue weighted by Gasteiger charge is -2.27. The van der Waals surface area contributed by atoms with Crippen molar-refractivity contribution in [2.75, 3.05) is 9.80 Å². The van der Waals surface area contributed by atoms with E-state index in [0.29, 0.717) is 52.8 Å². The molecule has 0 radical (unpaired) electrons. The third-order valence-corrected chi connectivity index (χ3v) is 35.7. The van der Waals surface area contributed by atoms with Crippen LogP contribution in [0.2, 0.25) is 58.9 Å². The van der Waals surface area contributed by atoms with Crippen LogP contribution >= 0.6 is 11.8 Å². The molecule has 0 fully saturated rings. The van der Waals surface area contributed by atoms with Crippen LogP contribution in [0.1, 0.15) is 22.7 Å². The molecule has 18 aromatic carbocycles. The highest BCUT2D eigenvalue weighted by molar-refractivity contribution is 8.00. The number of rotatable bonds is 18. The normalized spacial score (nSPS) is 13.5. The first-order valence-electron chi connectivity index (χ1n) is 50.9. The van der Waals surface area contributed by atoms with Gasteiger partial charge in [0.1, 0.15) is 16.9 Å². The van der Waals surface area contributed by atoms with Crippen LogP contribution in [0.4, 0.5) is 22.7 Å². The molecular weight excluding hydrogens is 1910 g/mol. The lowest BCUT2D eigenvalue weighted by molar-refractivity contribution is 0.240. The molecule has 17 nitrogen and oxygen atoms in total. The summed E-state index contributed by atoms with van der Waals surface area (Å²) in [4.78, 5) is 57.8. The minimum absolute atomic E-state index is 0.130. The highest BCUT2D eigenvalue weighted by Gasteiger charge is 2.38. The van der Waals surface area contributed by atoms with E-state index < -0.39 is 24.2 Å². The number of ether oxygens (including phenoxy) is 1. The van der Waals surface area contributed by atoms with Crippen molar-refractivity contribution in [2.24, 2.45) is 0 Å². The van der Waals surface area contributed by atoms with Crippen molar-refractivity contribution in [1.82, 2.24) is 68.1 Å². The Labute approximate surface area is 877 Å². The van der Waals surface area contributed by atoms with Gasteiger partial charge in [0, 0.05) is 98.8 Å². The Morgan fingerprint density at radius 3 is 0.987 bits per heavy atom. The van der Waals surface area contributed by atoms with Gasteiger partial charge in [0.25, 0.3) is 0 Å². The first-order chi connectivity index (χ1) is 73.3. The summed E-state index contributed by atoms with van der Waals surface area (Å²) in [5.74, 6) is 7.61. The fourth-order valence-electron chi connectivity index (χ4n) is 21.3. The number of benzene rings is 18. The van der Waals surface area contributed by atoms with Crippen LogP contribution in [0.25, 0.3) is 180 Å². The van der Waals surface area contributed by atoms with E-state index in [1.165, 1.54) is 31.7 Å². The molecule has 9 heterocycles. The van der Waals surface area contributed by atoms with E-state index in [0.717, 1.165) is 155 Å². The van der Waals surface area contributed by atoms with Crippen LogP contribution in [0.3, 0.4) is 0 Å². The molecule has 0 bridgehead atoms. The summed E-state index contributed by atoms with van der Waals surface area (Å²) in [5, 5.41) is 10.9. The number of nitrogens with zero attached hydrogens (tertiary/aromatic N) is 16. The molecule has 21 heteroatoms. The van der Waals surface area contributed by atoms with Gasteiger partial charge in [0.15, 0.2) is 34.9 Å². The first kappa shape index (κ1) is 93.3. The van der Waals surface area contributed by atoms with Crippen molar-refractivity contribution < 1.29 is 4.74 Å². The molecule has 150 heavy (non-hydrogen) atoms. The van der Waals surface area contributed by atoms with Crippen molar-refractivity contribution in [3.63, 3.8) is 0 Å². The first-order valence-corrected chi connectivity index (χ1v) is 62.3. The average Bonchev–Trinajstić information content (AvgIpc) is 1.58. The summed E-state index contributed by atoms with van der Waals surface area (Å²) in [6.45, 7) is 21.3. The number of para-hydroxylation sites is 8.